The molecule has 206 valence electrons. The van der Waals surface area contributed by atoms with Crippen molar-refractivity contribution in [3.8, 4) is 56.3 Å². The molecule has 9 rings (SSSR count). The quantitative estimate of drug-likeness (QED) is 0.214. The summed E-state index contributed by atoms with van der Waals surface area (Å²) in [6.07, 6.45) is 0.975. The maximum atomic E-state index is 5.29. The summed E-state index contributed by atoms with van der Waals surface area (Å²) in [5.41, 5.74) is 13.1. The van der Waals surface area contributed by atoms with Gasteiger partial charge in [0.15, 0.2) is 5.82 Å². The average molecular weight is 562 g/mol. The molecule has 0 amide bonds. The molecular weight excluding hydrogens is 534 g/mol. The molecule has 6 aromatic carbocycles. The largest absolute Gasteiger partial charge is 0.277 e. The molecular formula is C41H27N3. The van der Waals surface area contributed by atoms with Crippen LogP contribution in [0, 0.1) is 0 Å². The number of fused-ring (bicyclic) bond motifs is 6. The average Bonchev–Trinajstić information content (AvgIpc) is 3.64. The van der Waals surface area contributed by atoms with Gasteiger partial charge in [-0.3, -0.25) is 4.40 Å². The smallest absolute Gasteiger partial charge is 0.163 e. The Morgan fingerprint density at radius 1 is 0.432 bits per heavy atom. The topological polar surface area (TPSA) is 30.2 Å². The summed E-state index contributed by atoms with van der Waals surface area (Å²) in [6.45, 7) is 0. The molecule has 3 heteroatoms. The van der Waals surface area contributed by atoms with Crippen LogP contribution in [0.4, 0.5) is 0 Å². The Balaban J connectivity index is 1.29. The van der Waals surface area contributed by atoms with Gasteiger partial charge >= 0.3 is 0 Å². The molecule has 0 saturated heterocycles. The fourth-order valence-electron chi connectivity index (χ4n) is 6.78. The molecule has 44 heavy (non-hydrogen) atoms. The third kappa shape index (κ3) is 3.90. The molecule has 0 atom stereocenters. The summed E-state index contributed by atoms with van der Waals surface area (Å²) >= 11 is 0. The van der Waals surface area contributed by atoms with E-state index in [9.17, 15) is 0 Å². The molecule has 0 radical (unpaired) electrons. The molecule has 0 spiro atoms. The van der Waals surface area contributed by atoms with Crippen molar-refractivity contribution < 1.29 is 0 Å². The zero-order chi connectivity index (χ0) is 29.0. The summed E-state index contributed by atoms with van der Waals surface area (Å²) in [7, 11) is 0. The van der Waals surface area contributed by atoms with E-state index in [0.717, 1.165) is 56.9 Å². The SMILES string of the molecule is c1ccc(-c2nc(-c3cccc(-c4ccc5c(c4)Cc4ccccc4-5)c3)n3c(-c4ccccc4)c4ccccc4c3n2)cc1. The van der Waals surface area contributed by atoms with E-state index in [1.54, 1.807) is 0 Å². The first kappa shape index (κ1) is 24.8. The van der Waals surface area contributed by atoms with Gasteiger partial charge in [0.2, 0.25) is 0 Å². The summed E-state index contributed by atoms with van der Waals surface area (Å²) < 4.78 is 2.25. The van der Waals surface area contributed by atoms with Crippen LogP contribution in [-0.4, -0.2) is 14.4 Å². The first-order valence-corrected chi connectivity index (χ1v) is 15.1. The molecule has 0 saturated carbocycles. The fourth-order valence-corrected chi connectivity index (χ4v) is 6.78. The third-order valence-corrected chi connectivity index (χ3v) is 8.82. The maximum absolute atomic E-state index is 5.29. The molecule has 0 unspecified atom stereocenters. The van der Waals surface area contributed by atoms with Crippen molar-refractivity contribution >= 4 is 16.4 Å². The molecule has 0 N–H and O–H groups in total. The first-order valence-electron chi connectivity index (χ1n) is 15.1. The highest BCUT2D eigenvalue weighted by Crippen LogP contribution is 2.40. The van der Waals surface area contributed by atoms with Crippen LogP contribution in [0.15, 0.2) is 152 Å². The van der Waals surface area contributed by atoms with E-state index >= 15 is 0 Å². The van der Waals surface area contributed by atoms with Gasteiger partial charge in [0.25, 0.3) is 0 Å². The minimum atomic E-state index is 0.719. The minimum Gasteiger partial charge on any atom is -0.277 e. The van der Waals surface area contributed by atoms with Gasteiger partial charge in [-0.25, -0.2) is 9.97 Å². The lowest BCUT2D eigenvalue weighted by Crippen LogP contribution is -2.03. The van der Waals surface area contributed by atoms with Crippen LogP contribution in [-0.2, 0) is 6.42 Å². The second kappa shape index (κ2) is 9.89. The van der Waals surface area contributed by atoms with E-state index in [2.05, 4.69) is 138 Å². The van der Waals surface area contributed by atoms with Crippen LogP contribution in [0.3, 0.4) is 0 Å². The van der Waals surface area contributed by atoms with Gasteiger partial charge in [0, 0.05) is 21.9 Å². The van der Waals surface area contributed by atoms with Crippen LogP contribution in [0.25, 0.3) is 72.7 Å². The Kier molecular flexibility index (Phi) is 5.57. The summed E-state index contributed by atoms with van der Waals surface area (Å²) in [5.74, 6) is 1.59. The third-order valence-electron chi connectivity index (χ3n) is 8.82. The molecule has 2 heterocycles. The Morgan fingerprint density at radius 2 is 1.07 bits per heavy atom. The Bertz CT molecular complexity index is 2350. The van der Waals surface area contributed by atoms with E-state index in [1.165, 1.54) is 33.4 Å². The van der Waals surface area contributed by atoms with Crippen molar-refractivity contribution in [1.82, 2.24) is 14.4 Å². The van der Waals surface area contributed by atoms with Crippen LogP contribution in [0.5, 0.6) is 0 Å². The number of hydrogen-bond acceptors (Lipinski definition) is 2. The van der Waals surface area contributed by atoms with Crippen molar-refractivity contribution in [2.24, 2.45) is 0 Å². The zero-order valence-corrected chi connectivity index (χ0v) is 24.0. The van der Waals surface area contributed by atoms with Gasteiger partial charge in [0.05, 0.1) is 5.69 Å². The second-order valence-electron chi connectivity index (χ2n) is 11.4. The van der Waals surface area contributed by atoms with Gasteiger partial charge in [-0.1, -0.05) is 146 Å². The normalized spacial score (nSPS) is 12.0. The summed E-state index contributed by atoms with van der Waals surface area (Å²) in [6, 6.07) is 53.8. The zero-order valence-electron chi connectivity index (χ0n) is 24.0. The summed E-state index contributed by atoms with van der Waals surface area (Å²) in [4.78, 5) is 10.5. The van der Waals surface area contributed by atoms with E-state index in [-0.39, 0.29) is 0 Å². The molecule has 0 aliphatic heterocycles. The highest BCUT2D eigenvalue weighted by molar-refractivity contribution is 6.06. The lowest BCUT2D eigenvalue weighted by molar-refractivity contribution is 1.05. The van der Waals surface area contributed by atoms with Crippen molar-refractivity contribution in [3.63, 3.8) is 0 Å². The number of rotatable bonds is 4. The van der Waals surface area contributed by atoms with Crippen LogP contribution >= 0.6 is 0 Å². The predicted molar refractivity (Wildman–Crippen MR) is 180 cm³/mol. The van der Waals surface area contributed by atoms with Gasteiger partial charge in [-0.2, -0.15) is 0 Å². The number of hydrogen-bond donors (Lipinski definition) is 0. The van der Waals surface area contributed by atoms with E-state index in [4.69, 9.17) is 9.97 Å². The Hall–Kier alpha value is -5.80. The highest BCUT2D eigenvalue weighted by Gasteiger charge is 2.22. The molecule has 1 aliphatic carbocycles. The molecule has 8 aromatic rings. The van der Waals surface area contributed by atoms with E-state index in [1.807, 2.05) is 18.2 Å². The van der Waals surface area contributed by atoms with Crippen molar-refractivity contribution in [3.05, 3.63) is 163 Å². The molecule has 0 fully saturated rings. The van der Waals surface area contributed by atoms with Gasteiger partial charge in [-0.05, 0) is 51.4 Å². The van der Waals surface area contributed by atoms with Crippen molar-refractivity contribution in [2.45, 2.75) is 6.42 Å². The number of nitrogens with zero attached hydrogens (tertiary/aromatic N) is 3. The lowest BCUT2D eigenvalue weighted by Gasteiger charge is -2.13. The Labute approximate surface area is 255 Å². The van der Waals surface area contributed by atoms with Crippen molar-refractivity contribution in [2.75, 3.05) is 0 Å². The molecule has 0 bridgehead atoms. The number of benzene rings is 6. The predicted octanol–water partition coefficient (Wildman–Crippen LogP) is 10.1. The van der Waals surface area contributed by atoms with Gasteiger partial charge in [0.1, 0.15) is 11.5 Å². The lowest BCUT2D eigenvalue weighted by atomic mass is 9.98. The maximum Gasteiger partial charge on any atom is 0.163 e. The second-order valence-corrected chi connectivity index (χ2v) is 11.4. The van der Waals surface area contributed by atoms with Gasteiger partial charge < -0.3 is 0 Å². The molecule has 3 nitrogen and oxygen atoms in total. The Morgan fingerprint density at radius 3 is 1.91 bits per heavy atom. The van der Waals surface area contributed by atoms with Crippen LogP contribution < -0.4 is 0 Å². The fraction of sp³-hybridized carbons (Fsp3) is 0.0244. The van der Waals surface area contributed by atoms with E-state index in [0.29, 0.717) is 0 Å². The van der Waals surface area contributed by atoms with E-state index < -0.39 is 0 Å². The summed E-state index contributed by atoms with van der Waals surface area (Å²) in [5, 5.41) is 2.27. The van der Waals surface area contributed by atoms with Crippen LogP contribution in [0.2, 0.25) is 0 Å². The standard InChI is InChI=1S/C41H27N3/c1-3-12-27(13-4-1)38-36-20-9-10-21-37(36)41-43-39(28-14-5-2-6-15-28)42-40(44(38)41)32-18-11-17-29(24-32)30-22-23-35-33(25-30)26-31-16-7-8-19-34(31)35/h1-25H,26H2. The molecule has 1 aliphatic rings. The minimum absolute atomic E-state index is 0.719. The first-order chi connectivity index (χ1) is 21.8. The molecule has 2 aromatic heterocycles. The monoisotopic (exact) mass is 561 g/mol. The van der Waals surface area contributed by atoms with Crippen molar-refractivity contribution in [1.29, 1.82) is 0 Å². The van der Waals surface area contributed by atoms with Gasteiger partial charge in [-0.15, -0.1) is 0 Å². The van der Waals surface area contributed by atoms with Crippen LogP contribution in [0.1, 0.15) is 11.1 Å². The number of aromatic nitrogens is 3. The highest BCUT2D eigenvalue weighted by atomic mass is 15.1.